The highest BCUT2D eigenvalue weighted by Gasteiger charge is 2.09. The minimum absolute atomic E-state index is 0.0599. The second-order valence-corrected chi connectivity index (χ2v) is 3.52. The van der Waals surface area contributed by atoms with E-state index < -0.39 is 4.92 Å². The summed E-state index contributed by atoms with van der Waals surface area (Å²) >= 11 is 0. The Morgan fingerprint density at radius 1 is 1.56 bits per heavy atom. The summed E-state index contributed by atoms with van der Waals surface area (Å²) < 4.78 is 0. The summed E-state index contributed by atoms with van der Waals surface area (Å²) in [6, 6.07) is 2.45. The fraction of sp³-hybridized carbons (Fsp3) is 0.400. The molecule has 1 aromatic heterocycles. The van der Waals surface area contributed by atoms with Crippen molar-refractivity contribution in [1.29, 1.82) is 0 Å². The Labute approximate surface area is 104 Å². The molecule has 0 aliphatic heterocycles. The van der Waals surface area contributed by atoms with Gasteiger partial charge in [0.05, 0.1) is 17.1 Å². The maximum Gasteiger partial charge on any atom is 0.276 e. The number of pyridine rings is 1. The van der Waals surface area contributed by atoms with Gasteiger partial charge in [0.15, 0.2) is 0 Å². The van der Waals surface area contributed by atoms with Crippen molar-refractivity contribution >= 4 is 23.2 Å². The fourth-order valence-electron chi connectivity index (χ4n) is 1.32. The molecule has 0 bridgehead atoms. The van der Waals surface area contributed by atoms with E-state index in [1.54, 1.807) is 0 Å². The molecule has 8 heteroatoms. The van der Waals surface area contributed by atoms with E-state index >= 15 is 0 Å². The van der Waals surface area contributed by atoms with E-state index in [-0.39, 0.29) is 29.7 Å². The highest BCUT2D eigenvalue weighted by atomic mass is 16.6. The number of aromatic nitrogens is 1. The third-order valence-corrected chi connectivity index (χ3v) is 2.07. The largest absolute Gasteiger partial charge is 0.383 e. The first-order chi connectivity index (χ1) is 8.52. The topological polar surface area (TPSA) is 123 Å². The van der Waals surface area contributed by atoms with Crippen LogP contribution < -0.4 is 16.4 Å². The van der Waals surface area contributed by atoms with E-state index in [1.807, 2.05) is 6.92 Å². The molecule has 1 aromatic rings. The molecule has 0 unspecified atom stereocenters. The summed E-state index contributed by atoms with van der Waals surface area (Å²) in [5.41, 5.74) is 5.31. The van der Waals surface area contributed by atoms with Gasteiger partial charge in [-0.2, -0.15) is 0 Å². The number of amides is 1. The molecule has 98 valence electrons. The van der Waals surface area contributed by atoms with Gasteiger partial charge in [-0.25, -0.2) is 4.98 Å². The van der Waals surface area contributed by atoms with Crippen molar-refractivity contribution in [3.63, 3.8) is 0 Å². The van der Waals surface area contributed by atoms with Crippen LogP contribution in [0.5, 0.6) is 0 Å². The van der Waals surface area contributed by atoms with Crippen LogP contribution in [0.25, 0.3) is 0 Å². The summed E-state index contributed by atoms with van der Waals surface area (Å²) in [5, 5.41) is 16.1. The van der Waals surface area contributed by atoms with Crippen molar-refractivity contribution in [3.8, 4) is 0 Å². The number of hydrogen-bond donors (Lipinski definition) is 3. The summed E-state index contributed by atoms with van der Waals surface area (Å²) in [4.78, 5) is 25.1. The first kappa shape index (κ1) is 13.7. The molecule has 8 nitrogen and oxygen atoms in total. The van der Waals surface area contributed by atoms with Gasteiger partial charge in [-0.15, -0.1) is 0 Å². The van der Waals surface area contributed by atoms with Gasteiger partial charge >= 0.3 is 0 Å². The van der Waals surface area contributed by atoms with Crippen molar-refractivity contribution in [2.45, 2.75) is 13.3 Å². The van der Waals surface area contributed by atoms with Gasteiger partial charge in [-0.05, 0) is 6.92 Å². The minimum Gasteiger partial charge on any atom is -0.383 e. The molecular formula is C10H15N5O3. The first-order valence-electron chi connectivity index (χ1n) is 5.45. The SMILES string of the molecule is CCNC(=O)CCNc1cc([N+](=O)[O-])cc(N)n1. The Morgan fingerprint density at radius 2 is 2.28 bits per heavy atom. The molecule has 1 amide bonds. The van der Waals surface area contributed by atoms with Gasteiger partial charge in [0.1, 0.15) is 11.6 Å². The van der Waals surface area contributed by atoms with Crippen LogP contribution in [0.4, 0.5) is 17.3 Å². The van der Waals surface area contributed by atoms with Gasteiger partial charge in [0.2, 0.25) is 5.91 Å². The van der Waals surface area contributed by atoms with Gasteiger partial charge in [-0.1, -0.05) is 0 Å². The lowest BCUT2D eigenvalue weighted by Gasteiger charge is -2.06. The Kier molecular flexibility index (Phi) is 4.85. The standard InChI is InChI=1S/C10H15N5O3/c1-2-12-10(16)3-4-13-9-6-7(15(17)18)5-8(11)14-9/h5-6H,2-4H2,1H3,(H,12,16)(H3,11,13,14). The van der Waals surface area contributed by atoms with Crippen LogP contribution >= 0.6 is 0 Å². The van der Waals surface area contributed by atoms with Crippen LogP contribution in [0, 0.1) is 10.1 Å². The predicted octanol–water partition coefficient (Wildman–Crippen LogP) is 0.510. The molecule has 4 N–H and O–H groups in total. The van der Waals surface area contributed by atoms with E-state index in [2.05, 4.69) is 15.6 Å². The second-order valence-electron chi connectivity index (χ2n) is 3.52. The molecule has 0 aliphatic rings. The number of anilines is 2. The van der Waals surface area contributed by atoms with E-state index in [0.29, 0.717) is 13.1 Å². The number of carbonyl (C=O) groups is 1. The Hall–Kier alpha value is -2.38. The molecule has 18 heavy (non-hydrogen) atoms. The second kappa shape index (κ2) is 6.38. The van der Waals surface area contributed by atoms with Crippen LogP contribution in [0.15, 0.2) is 12.1 Å². The molecule has 0 saturated heterocycles. The lowest BCUT2D eigenvalue weighted by atomic mass is 10.3. The normalized spacial score (nSPS) is 9.83. The first-order valence-corrected chi connectivity index (χ1v) is 5.45. The lowest BCUT2D eigenvalue weighted by molar-refractivity contribution is -0.384. The maximum absolute atomic E-state index is 11.2. The van der Waals surface area contributed by atoms with Gasteiger partial charge in [-0.3, -0.25) is 14.9 Å². The number of nitrogens with zero attached hydrogens (tertiary/aromatic N) is 2. The molecule has 0 aliphatic carbocycles. The number of rotatable bonds is 6. The number of hydrogen-bond acceptors (Lipinski definition) is 6. The summed E-state index contributed by atoms with van der Waals surface area (Å²) in [6.45, 7) is 2.73. The van der Waals surface area contributed by atoms with Crippen LogP contribution in [0.2, 0.25) is 0 Å². The number of nitrogens with two attached hydrogens (primary N) is 1. The quantitative estimate of drug-likeness (QED) is 0.501. The zero-order chi connectivity index (χ0) is 13.5. The average molecular weight is 253 g/mol. The van der Waals surface area contributed by atoms with E-state index in [9.17, 15) is 14.9 Å². The van der Waals surface area contributed by atoms with Crippen LogP contribution in [0.3, 0.4) is 0 Å². The summed E-state index contributed by atoms with van der Waals surface area (Å²) in [7, 11) is 0. The highest BCUT2D eigenvalue weighted by molar-refractivity contribution is 5.76. The van der Waals surface area contributed by atoms with Gasteiger partial charge in [0, 0.05) is 19.5 Å². The third-order valence-electron chi connectivity index (χ3n) is 2.07. The number of nitrogen functional groups attached to an aromatic ring is 1. The molecule has 0 radical (unpaired) electrons. The Bertz CT molecular complexity index is 449. The number of nitro groups is 1. The van der Waals surface area contributed by atoms with E-state index in [1.165, 1.54) is 12.1 Å². The maximum atomic E-state index is 11.2. The third kappa shape index (κ3) is 4.24. The Balaban J connectivity index is 2.57. The molecule has 0 spiro atoms. The van der Waals surface area contributed by atoms with Crippen LogP contribution in [-0.4, -0.2) is 28.9 Å². The molecule has 0 saturated carbocycles. The molecule has 0 atom stereocenters. The average Bonchev–Trinajstić information content (AvgIpc) is 2.28. The van der Waals surface area contributed by atoms with Crippen molar-refractivity contribution in [2.75, 3.05) is 24.1 Å². The van der Waals surface area contributed by atoms with Crippen molar-refractivity contribution in [3.05, 3.63) is 22.2 Å². The summed E-state index contributed by atoms with van der Waals surface area (Å²) in [6.07, 6.45) is 0.262. The number of carbonyl (C=O) groups excluding carboxylic acids is 1. The summed E-state index contributed by atoms with van der Waals surface area (Å²) in [5.74, 6) is 0.249. The zero-order valence-corrected chi connectivity index (χ0v) is 9.97. The van der Waals surface area contributed by atoms with E-state index in [0.717, 1.165) is 0 Å². The van der Waals surface area contributed by atoms with Crippen molar-refractivity contribution in [1.82, 2.24) is 10.3 Å². The highest BCUT2D eigenvalue weighted by Crippen LogP contribution is 2.18. The fourth-order valence-corrected chi connectivity index (χ4v) is 1.32. The van der Waals surface area contributed by atoms with Crippen LogP contribution in [0.1, 0.15) is 13.3 Å². The molecule has 1 rings (SSSR count). The minimum atomic E-state index is -0.549. The molecule has 0 fully saturated rings. The van der Waals surface area contributed by atoms with Gasteiger partial charge < -0.3 is 16.4 Å². The van der Waals surface area contributed by atoms with E-state index in [4.69, 9.17) is 5.73 Å². The monoisotopic (exact) mass is 253 g/mol. The zero-order valence-electron chi connectivity index (χ0n) is 9.97. The predicted molar refractivity (Wildman–Crippen MR) is 67.1 cm³/mol. The lowest BCUT2D eigenvalue weighted by Crippen LogP contribution is -2.24. The van der Waals surface area contributed by atoms with Crippen LogP contribution in [-0.2, 0) is 4.79 Å². The number of nitrogens with one attached hydrogen (secondary N) is 2. The van der Waals surface area contributed by atoms with Gasteiger partial charge in [0.25, 0.3) is 5.69 Å². The Morgan fingerprint density at radius 3 is 2.89 bits per heavy atom. The molecule has 1 heterocycles. The molecular weight excluding hydrogens is 238 g/mol. The molecule has 0 aromatic carbocycles. The van der Waals surface area contributed by atoms with Crippen molar-refractivity contribution in [2.24, 2.45) is 0 Å². The smallest absolute Gasteiger partial charge is 0.276 e. The van der Waals surface area contributed by atoms with Crippen molar-refractivity contribution < 1.29 is 9.72 Å².